The number of anilines is 1. The number of para-hydroxylation sites is 1. The third-order valence-corrected chi connectivity index (χ3v) is 3.17. The Kier molecular flexibility index (Phi) is 3.20. The Bertz CT molecular complexity index is 570. The summed E-state index contributed by atoms with van der Waals surface area (Å²) in [7, 11) is 0. The van der Waals surface area contributed by atoms with Crippen LogP contribution in [0.4, 0.5) is 11.4 Å². The largest absolute Gasteiger partial charge is 0.393 e. The Morgan fingerprint density at radius 1 is 1.47 bits per heavy atom. The zero-order valence-electron chi connectivity index (χ0n) is 10.3. The lowest BCUT2D eigenvalue weighted by Crippen LogP contribution is -2.30. The quantitative estimate of drug-likeness (QED) is 0.380. The molecule has 2 N–H and O–H groups in total. The number of imide groups is 1. The van der Waals surface area contributed by atoms with Gasteiger partial charge in [0.15, 0.2) is 0 Å². The number of carbonyl (C=O) groups excluding carboxylic acids is 2. The van der Waals surface area contributed by atoms with Crippen LogP contribution < -0.4 is 5.73 Å². The van der Waals surface area contributed by atoms with Crippen LogP contribution in [-0.2, 0) is 16.1 Å². The van der Waals surface area contributed by atoms with Gasteiger partial charge in [0, 0.05) is 24.0 Å². The van der Waals surface area contributed by atoms with Crippen LogP contribution in [0.2, 0.25) is 0 Å². The van der Waals surface area contributed by atoms with E-state index in [-0.39, 0.29) is 42.1 Å². The summed E-state index contributed by atoms with van der Waals surface area (Å²) in [6.07, 6.45) is 0.174. The highest BCUT2D eigenvalue weighted by molar-refractivity contribution is 6.03. The van der Waals surface area contributed by atoms with Crippen molar-refractivity contribution in [3.8, 4) is 0 Å². The SMILES string of the molecule is CC1CC(=O)N(Cc2cccc([N+](=O)[O-])c2N)C1=O. The Balaban J connectivity index is 2.30. The van der Waals surface area contributed by atoms with Crippen LogP contribution in [0.3, 0.4) is 0 Å². The highest BCUT2D eigenvalue weighted by atomic mass is 16.6. The van der Waals surface area contributed by atoms with Gasteiger partial charge in [0.1, 0.15) is 5.69 Å². The van der Waals surface area contributed by atoms with Crippen molar-refractivity contribution in [3.63, 3.8) is 0 Å². The summed E-state index contributed by atoms with van der Waals surface area (Å²) in [5.74, 6) is -0.883. The Morgan fingerprint density at radius 3 is 2.68 bits per heavy atom. The molecule has 0 radical (unpaired) electrons. The summed E-state index contributed by atoms with van der Waals surface area (Å²) in [5.41, 5.74) is 5.88. The summed E-state index contributed by atoms with van der Waals surface area (Å²) in [4.78, 5) is 34.7. The number of amides is 2. The number of benzene rings is 1. The van der Waals surface area contributed by atoms with Crippen LogP contribution in [-0.4, -0.2) is 21.6 Å². The minimum absolute atomic E-state index is 0.00680. The zero-order valence-corrected chi connectivity index (χ0v) is 10.3. The molecule has 1 heterocycles. The molecule has 1 fully saturated rings. The molecule has 7 heteroatoms. The zero-order chi connectivity index (χ0) is 14.2. The fourth-order valence-electron chi connectivity index (χ4n) is 2.08. The molecule has 19 heavy (non-hydrogen) atoms. The third-order valence-electron chi connectivity index (χ3n) is 3.17. The number of hydrogen-bond donors (Lipinski definition) is 1. The summed E-state index contributed by atoms with van der Waals surface area (Å²) >= 11 is 0. The van der Waals surface area contributed by atoms with E-state index in [2.05, 4.69) is 0 Å². The highest BCUT2D eigenvalue weighted by Crippen LogP contribution is 2.28. The number of nitrogens with zero attached hydrogens (tertiary/aromatic N) is 2. The van der Waals surface area contributed by atoms with Crippen LogP contribution in [0.25, 0.3) is 0 Å². The number of nitrogens with two attached hydrogens (primary N) is 1. The second kappa shape index (κ2) is 4.68. The van der Waals surface area contributed by atoms with Crippen LogP contribution in [0.1, 0.15) is 18.9 Å². The van der Waals surface area contributed by atoms with Gasteiger partial charge in [-0.3, -0.25) is 24.6 Å². The van der Waals surface area contributed by atoms with Gasteiger partial charge < -0.3 is 5.73 Å². The number of nitrogen functional groups attached to an aromatic ring is 1. The van der Waals surface area contributed by atoms with E-state index < -0.39 is 4.92 Å². The Morgan fingerprint density at radius 2 is 2.16 bits per heavy atom. The van der Waals surface area contributed by atoms with Crippen LogP contribution in [0.5, 0.6) is 0 Å². The number of likely N-dealkylation sites (tertiary alicyclic amines) is 1. The standard InChI is InChI=1S/C12H13N3O4/c1-7-5-10(16)14(12(7)17)6-8-3-2-4-9(11(8)13)15(18)19/h2-4,7H,5-6,13H2,1H3. The van der Waals surface area contributed by atoms with Gasteiger partial charge in [-0.15, -0.1) is 0 Å². The number of nitro groups is 1. The smallest absolute Gasteiger partial charge is 0.292 e. The predicted octanol–water partition coefficient (Wildman–Crippen LogP) is 1.07. The average Bonchev–Trinajstić information content (AvgIpc) is 2.58. The van der Waals surface area contributed by atoms with E-state index in [0.29, 0.717) is 5.56 Å². The summed E-state index contributed by atoms with van der Waals surface area (Å²) in [6, 6.07) is 4.35. The van der Waals surface area contributed by atoms with Crippen molar-refractivity contribution in [2.75, 3.05) is 5.73 Å². The molecule has 0 spiro atoms. The van der Waals surface area contributed by atoms with Crippen molar-refractivity contribution in [2.24, 2.45) is 5.92 Å². The van der Waals surface area contributed by atoms with E-state index in [1.807, 2.05) is 0 Å². The van der Waals surface area contributed by atoms with E-state index in [4.69, 9.17) is 5.73 Å². The first-order valence-electron chi connectivity index (χ1n) is 5.77. The lowest BCUT2D eigenvalue weighted by Gasteiger charge is -2.15. The minimum Gasteiger partial charge on any atom is -0.393 e. The Hall–Kier alpha value is -2.44. The second-order valence-electron chi connectivity index (χ2n) is 4.53. The van der Waals surface area contributed by atoms with Crippen LogP contribution in [0, 0.1) is 16.0 Å². The maximum Gasteiger partial charge on any atom is 0.292 e. The van der Waals surface area contributed by atoms with Gasteiger partial charge >= 0.3 is 0 Å². The fraction of sp³-hybridized carbons (Fsp3) is 0.333. The molecule has 0 aliphatic carbocycles. The van der Waals surface area contributed by atoms with Gasteiger partial charge in [-0.2, -0.15) is 0 Å². The van der Waals surface area contributed by atoms with Gasteiger partial charge in [0.25, 0.3) is 5.69 Å². The summed E-state index contributed by atoms with van der Waals surface area (Å²) in [6.45, 7) is 1.66. The van der Waals surface area contributed by atoms with Crippen LogP contribution >= 0.6 is 0 Å². The first kappa shape index (κ1) is 13.0. The lowest BCUT2D eigenvalue weighted by atomic mass is 10.1. The molecule has 0 aromatic heterocycles. The normalized spacial score (nSPS) is 19.0. The molecule has 1 aliphatic rings. The van der Waals surface area contributed by atoms with Crippen LogP contribution in [0.15, 0.2) is 18.2 Å². The van der Waals surface area contributed by atoms with Crippen molar-refractivity contribution in [2.45, 2.75) is 19.9 Å². The predicted molar refractivity (Wildman–Crippen MR) is 66.8 cm³/mol. The molecule has 0 bridgehead atoms. The summed E-state index contributed by atoms with van der Waals surface area (Å²) in [5, 5.41) is 10.8. The highest BCUT2D eigenvalue weighted by Gasteiger charge is 2.35. The van der Waals surface area contributed by atoms with E-state index >= 15 is 0 Å². The second-order valence-corrected chi connectivity index (χ2v) is 4.53. The molecule has 1 atom stereocenters. The molecule has 7 nitrogen and oxygen atoms in total. The van der Waals surface area contributed by atoms with Gasteiger partial charge in [-0.05, 0) is 0 Å². The average molecular weight is 263 g/mol. The van der Waals surface area contributed by atoms with Gasteiger partial charge in [-0.25, -0.2) is 0 Å². The molecule has 0 saturated carbocycles. The molecule has 1 unspecified atom stereocenters. The van der Waals surface area contributed by atoms with E-state index in [0.717, 1.165) is 4.90 Å². The Labute approximate surface area is 109 Å². The molecule has 1 aromatic rings. The molecule has 2 rings (SSSR count). The maximum absolute atomic E-state index is 11.8. The molecule has 1 aliphatic heterocycles. The lowest BCUT2D eigenvalue weighted by molar-refractivity contribution is -0.384. The van der Waals surface area contributed by atoms with Gasteiger partial charge in [0.05, 0.1) is 11.5 Å². The number of hydrogen-bond acceptors (Lipinski definition) is 5. The first-order chi connectivity index (χ1) is 8.91. The van der Waals surface area contributed by atoms with Gasteiger partial charge in [-0.1, -0.05) is 19.1 Å². The minimum atomic E-state index is -0.588. The third kappa shape index (κ3) is 2.26. The van der Waals surface area contributed by atoms with Crippen molar-refractivity contribution >= 4 is 23.2 Å². The van der Waals surface area contributed by atoms with E-state index in [1.165, 1.54) is 12.1 Å². The first-order valence-corrected chi connectivity index (χ1v) is 5.77. The van der Waals surface area contributed by atoms with Gasteiger partial charge in [0.2, 0.25) is 11.8 Å². The monoisotopic (exact) mass is 263 g/mol. The van der Waals surface area contributed by atoms with Crippen molar-refractivity contribution in [3.05, 3.63) is 33.9 Å². The maximum atomic E-state index is 11.8. The molecular weight excluding hydrogens is 250 g/mol. The molecule has 2 amide bonds. The van der Waals surface area contributed by atoms with Crippen molar-refractivity contribution < 1.29 is 14.5 Å². The molecule has 100 valence electrons. The number of carbonyl (C=O) groups is 2. The van der Waals surface area contributed by atoms with Crippen molar-refractivity contribution in [1.29, 1.82) is 0 Å². The topological polar surface area (TPSA) is 107 Å². The molecule has 1 saturated heterocycles. The summed E-state index contributed by atoms with van der Waals surface area (Å²) < 4.78 is 0. The van der Waals surface area contributed by atoms with E-state index in [1.54, 1.807) is 13.0 Å². The number of rotatable bonds is 3. The molecular formula is C12H13N3O4. The van der Waals surface area contributed by atoms with E-state index in [9.17, 15) is 19.7 Å². The number of nitro benzene ring substituents is 1. The fourth-order valence-corrected chi connectivity index (χ4v) is 2.08. The molecule has 1 aromatic carbocycles. The van der Waals surface area contributed by atoms with Crippen molar-refractivity contribution in [1.82, 2.24) is 4.90 Å².